The summed E-state index contributed by atoms with van der Waals surface area (Å²) in [5.41, 5.74) is 0.864. The van der Waals surface area contributed by atoms with Crippen molar-refractivity contribution in [3.05, 3.63) is 30.3 Å². The van der Waals surface area contributed by atoms with Crippen molar-refractivity contribution >= 4 is 17.5 Å². The highest BCUT2D eigenvalue weighted by Crippen LogP contribution is 2.26. The lowest BCUT2D eigenvalue weighted by molar-refractivity contribution is -0.128. The largest absolute Gasteiger partial charge is 0.375 e. The molecule has 1 aromatic carbocycles. The van der Waals surface area contributed by atoms with E-state index in [9.17, 15) is 9.59 Å². The van der Waals surface area contributed by atoms with Gasteiger partial charge >= 0.3 is 0 Å². The SMILES string of the molecule is COCC(=O)N[C@H]1C[C@H](C)N(c2ccccc2)C1=O. The summed E-state index contributed by atoms with van der Waals surface area (Å²) in [5.74, 6) is -0.328. The maximum absolute atomic E-state index is 12.3. The maximum atomic E-state index is 12.3. The van der Waals surface area contributed by atoms with Gasteiger partial charge in [0, 0.05) is 18.8 Å². The van der Waals surface area contributed by atoms with Crippen LogP contribution in [0.5, 0.6) is 0 Å². The van der Waals surface area contributed by atoms with Gasteiger partial charge in [0.15, 0.2) is 0 Å². The summed E-state index contributed by atoms with van der Waals surface area (Å²) in [6.45, 7) is 1.96. The molecule has 0 bridgehead atoms. The third kappa shape index (κ3) is 2.93. The molecule has 102 valence electrons. The van der Waals surface area contributed by atoms with E-state index in [1.165, 1.54) is 7.11 Å². The molecule has 1 saturated heterocycles. The third-order valence-corrected chi connectivity index (χ3v) is 3.20. The number of benzene rings is 1. The minimum atomic E-state index is -0.460. The number of methoxy groups -OCH3 is 1. The van der Waals surface area contributed by atoms with Crippen molar-refractivity contribution < 1.29 is 14.3 Å². The van der Waals surface area contributed by atoms with E-state index >= 15 is 0 Å². The Hall–Kier alpha value is -1.88. The number of rotatable bonds is 4. The summed E-state index contributed by atoms with van der Waals surface area (Å²) in [6, 6.07) is 9.10. The van der Waals surface area contributed by atoms with Gasteiger partial charge in [-0.15, -0.1) is 0 Å². The van der Waals surface area contributed by atoms with Crippen molar-refractivity contribution in [2.75, 3.05) is 18.6 Å². The molecule has 5 nitrogen and oxygen atoms in total. The number of carbonyl (C=O) groups is 2. The molecule has 2 rings (SSSR count). The molecular formula is C14H18N2O3. The molecule has 0 aliphatic carbocycles. The fourth-order valence-corrected chi connectivity index (χ4v) is 2.39. The Balaban J connectivity index is 2.09. The summed E-state index contributed by atoms with van der Waals surface area (Å²) >= 11 is 0. The lowest BCUT2D eigenvalue weighted by Crippen LogP contribution is -2.43. The van der Waals surface area contributed by atoms with E-state index in [0.29, 0.717) is 6.42 Å². The Morgan fingerprint density at radius 2 is 2.11 bits per heavy atom. The van der Waals surface area contributed by atoms with Gasteiger partial charge in [-0.3, -0.25) is 9.59 Å². The van der Waals surface area contributed by atoms with E-state index in [1.807, 2.05) is 37.3 Å². The summed E-state index contributed by atoms with van der Waals surface area (Å²) < 4.78 is 4.75. The Kier molecular flexibility index (Phi) is 4.16. The molecule has 19 heavy (non-hydrogen) atoms. The minimum Gasteiger partial charge on any atom is -0.375 e. The first-order valence-electron chi connectivity index (χ1n) is 6.30. The van der Waals surface area contributed by atoms with Crippen LogP contribution >= 0.6 is 0 Å². The predicted molar refractivity (Wildman–Crippen MR) is 71.8 cm³/mol. The molecule has 0 saturated carbocycles. The zero-order valence-electron chi connectivity index (χ0n) is 11.1. The van der Waals surface area contributed by atoms with Crippen molar-refractivity contribution in [1.29, 1.82) is 0 Å². The van der Waals surface area contributed by atoms with Gasteiger partial charge in [-0.25, -0.2) is 0 Å². The highest BCUT2D eigenvalue weighted by molar-refractivity contribution is 6.02. The van der Waals surface area contributed by atoms with Crippen LogP contribution in [0.1, 0.15) is 13.3 Å². The molecule has 1 fully saturated rings. The van der Waals surface area contributed by atoms with E-state index < -0.39 is 6.04 Å². The Labute approximate surface area is 112 Å². The van der Waals surface area contributed by atoms with Crippen molar-refractivity contribution in [2.24, 2.45) is 0 Å². The van der Waals surface area contributed by atoms with Crippen LogP contribution in [0.25, 0.3) is 0 Å². The monoisotopic (exact) mass is 262 g/mol. The first kappa shape index (κ1) is 13.5. The zero-order valence-corrected chi connectivity index (χ0v) is 11.1. The standard InChI is InChI=1S/C14H18N2O3/c1-10-8-12(15-13(17)9-19-2)14(18)16(10)11-6-4-3-5-7-11/h3-7,10,12H,8-9H2,1-2H3,(H,15,17)/t10-,12-/m0/s1. The molecule has 1 aromatic rings. The molecule has 0 spiro atoms. The number of nitrogens with zero attached hydrogens (tertiary/aromatic N) is 1. The van der Waals surface area contributed by atoms with E-state index in [2.05, 4.69) is 5.32 Å². The van der Waals surface area contributed by atoms with Gasteiger partial charge in [-0.1, -0.05) is 18.2 Å². The number of hydrogen-bond donors (Lipinski definition) is 1. The Morgan fingerprint density at radius 3 is 2.74 bits per heavy atom. The van der Waals surface area contributed by atoms with Crippen LogP contribution < -0.4 is 10.2 Å². The minimum absolute atomic E-state index is 0.0243. The van der Waals surface area contributed by atoms with Crippen LogP contribution in [0, 0.1) is 0 Å². The van der Waals surface area contributed by atoms with Gasteiger partial charge in [-0.2, -0.15) is 0 Å². The first-order valence-corrected chi connectivity index (χ1v) is 6.30. The summed E-state index contributed by atoms with van der Waals surface area (Å²) in [6.07, 6.45) is 0.614. The molecule has 2 amide bonds. The Morgan fingerprint density at radius 1 is 1.42 bits per heavy atom. The summed E-state index contributed by atoms with van der Waals surface area (Å²) in [5, 5.41) is 2.70. The van der Waals surface area contributed by atoms with Gasteiger partial charge in [0.05, 0.1) is 0 Å². The van der Waals surface area contributed by atoms with Crippen molar-refractivity contribution in [2.45, 2.75) is 25.4 Å². The van der Waals surface area contributed by atoms with Crippen LogP contribution in [0.2, 0.25) is 0 Å². The van der Waals surface area contributed by atoms with Gasteiger partial charge in [0.1, 0.15) is 12.6 Å². The quantitative estimate of drug-likeness (QED) is 0.878. The molecule has 1 N–H and O–H groups in total. The molecule has 1 aliphatic rings. The molecule has 0 radical (unpaired) electrons. The molecule has 1 aliphatic heterocycles. The normalized spacial score (nSPS) is 22.6. The topological polar surface area (TPSA) is 58.6 Å². The second-order valence-electron chi connectivity index (χ2n) is 4.68. The number of carbonyl (C=O) groups excluding carboxylic acids is 2. The van der Waals surface area contributed by atoms with E-state index in [0.717, 1.165) is 5.69 Å². The van der Waals surface area contributed by atoms with E-state index in [-0.39, 0.29) is 24.5 Å². The number of anilines is 1. The second kappa shape index (κ2) is 5.84. The molecule has 1 heterocycles. The van der Waals surface area contributed by atoms with E-state index in [1.54, 1.807) is 4.90 Å². The molecular weight excluding hydrogens is 244 g/mol. The van der Waals surface area contributed by atoms with Crippen LogP contribution in [0.4, 0.5) is 5.69 Å². The van der Waals surface area contributed by atoms with Gasteiger partial charge in [0.2, 0.25) is 11.8 Å². The summed E-state index contributed by atoms with van der Waals surface area (Å²) in [7, 11) is 1.45. The molecule has 5 heteroatoms. The third-order valence-electron chi connectivity index (χ3n) is 3.20. The summed E-state index contributed by atoms with van der Waals surface area (Å²) in [4.78, 5) is 25.5. The number of amides is 2. The highest BCUT2D eigenvalue weighted by Gasteiger charge is 2.38. The molecule has 2 atom stereocenters. The van der Waals surface area contributed by atoms with E-state index in [4.69, 9.17) is 4.74 Å². The average Bonchev–Trinajstić information content (AvgIpc) is 2.66. The lowest BCUT2D eigenvalue weighted by Gasteiger charge is -2.21. The van der Waals surface area contributed by atoms with Crippen molar-refractivity contribution in [1.82, 2.24) is 5.32 Å². The maximum Gasteiger partial charge on any atom is 0.249 e. The fourth-order valence-electron chi connectivity index (χ4n) is 2.39. The van der Waals surface area contributed by atoms with Crippen LogP contribution in [0.15, 0.2) is 30.3 Å². The fraction of sp³-hybridized carbons (Fsp3) is 0.429. The zero-order chi connectivity index (χ0) is 13.8. The predicted octanol–water partition coefficient (Wildman–Crippen LogP) is 0.943. The first-order chi connectivity index (χ1) is 9.13. The number of nitrogens with one attached hydrogen (secondary N) is 1. The molecule has 0 unspecified atom stereocenters. The Bertz CT molecular complexity index is 461. The second-order valence-corrected chi connectivity index (χ2v) is 4.68. The van der Waals surface area contributed by atoms with Crippen molar-refractivity contribution in [3.8, 4) is 0 Å². The molecule has 0 aromatic heterocycles. The van der Waals surface area contributed by atoms with Gasteiger partial charge in [0.25, 0.3) is 0 Å². The van der Waals surface area contributed by atoms with Crippen LogP contribution in [-0.2, 0) is 14.3 Å². The van der Waals surface area contributed by atoms with Crippen LogP contribution in [0.3, 0.4) is 0 Å². The lowest BCUT2D eigenvalue weighted by atomic mass is 10.2. The number of hydrogen-bond acceptors (Lipinski definition) is 3. The van der Waals surface area contributed by atoms with Gasteiger partial charge in [-0.05, 0) is 25.5 Å². The van der Waals surface area contributed by atoms with Crippen molar-refractivity contribution in [3.63, 3.8) is 0 Å². The smallest absolute Gasteiger partial charge is 0.249 e. The van der Waals surface area contributed by atoms with Crippen LogP contribution in [-0.4, -0.2) is 37.6 Å². The number of ether oxygens (including phenoxy) is 1. The van der Waals surface area contributed by atoms with Gasteiger partial charge < -0.3 is 15.0 Å². The highest BCUT2D eigenvalue weighted by atomic mass is 16.5. The number of para-hydroxylation sites is 1. The average molecular weight is 262 g/mol.